The van der Waals surface area contributed by atoms with Crippen LogP contribution >= 0.6 is 0 Å². The second-order valence-corrected chi connectivity index (χ2v) is 7.29. The Labute approximate surface area is 155 Å². The summed E-state index contributed by atoms with van der Waals surface area (Å²) in [6.45, 7) is 12.2. The van der Waals surface area contributed by atoms with Gasteiger partial charge in [-0.15, -0.1) is 0 Å². The first-order chi connectivity index (χ1) is 11.9. The molecule has 4 N–H and O–H groups in total. The molecule has 0 atom stereocenters. The number of carboxylic acid groups (broad SMARTS) is 2. The Bertz CT molecular complexity index is 432. The highest BCUT2D eigenvalue weighted by molar-refractivity contribution is 5.68. The van der Waals surface area contributed by atoms with Crippen molar-refractivity contribution in [1.82, 2.24) is 15.5 Å². The molecule has 152 valence electrons. The van der Waals surface area contributed by atoms with Gasteiger partial charge in [-0.1, -0.05) is 0 Å². The molecule has 1 aliphatic carbocycles. The summed E-state index contributed by atoms with van der Waals surface area (Å²) in [5.41, 5.74) is -0.411. The minimum atomic E-state index is -0.833. The monoisotopic (exact) mass is 375 g/mol. The van der Waals surface area contributed by atoms with E-state index in [0.717, 1.165) is 52.9 Å². The van der Waals surface area contributed by atoms with E-state index in [4.69, 9.17) is 24.5 Å². The Balaban J connectivity index is 0.000000662. The van der Waals surface area contributed by atoms with Crippen LogP contribution in [0, 0.1) is 0 Å². The highest BCUT2D eigenvalue weighted by Crippen LogP contribution is 2.26. The maximum Gasteiger partial charge on any atom is 0.407 e. The Morgan fingerprint density at radius 1 is 1.04 bits per heavy atom. The van der Waals surface area contributed by atoms with Crippen molar-refractivity contribution in [3.8, 4) is 0 Å². The second kappa shape index (κ2) is 11.7. The number of ether oxygens (including phenoxy) is 1. The van der Waals surface area contributed by atoms with Gasteiger partial charge in [0.25, 0.3) is 11.9 Å². The van der Waals surface area contributed by atoms with E-state index in [1.165, 1.54) is 0 Å². The highest BCUT2D eigenvalue weighted by atomic mass is 16.6. The standard InChI is InChI=1S/C13H25N3O2.2C2H4O2/c1-13(2,3)18-12(17)15-10-8-11(9-10)16-6-4-14-5-7-16;2*1-2(3)4/h10-11,14H,4-9H2,1-3H3,(H,15,17);2*1H3,(H,3,4). The zero-order valence-electron chi connectivity index (χ0n) is 16.4. The Kier molecular flexibility index (Phi) is 10.8. The van der Waals surface area contributed by atoms with Crippen LogP contribution in [0.5, 0.6) is 0 Å². The number of rotatable bonds is 2. The van der Waals surface area contributed by atoms with Crippen molar-refractivity contribution < 1.29 is 29.3 Å². The lowest BCUT2D eigenvalue weighted by molar-refractivity contribution is -0.135. The lowest BCUT2D eigenvalue weighted by Gasteiger charge is -2.44. The number of hydrogen-bond donors (Lipinski definition) is 4. The van der Waals surface area contributed by atoms with Gasteiger partial charge < -0.3 is 25.6 Å². The quantitative estimate of drug-likeness (QED) is 0.565. The van der Waals surface area contributed by atoms with Gasteiger partial charge in [-0.05, 0) is 33.6 Å². The minimum absolute atomic E-state index is 0.286. The first-order valence-corrected chi connectivity index (χ1v) is 8.74. The first-order valence-electron chi connectivity index (χ1n) is 8.74. The van der Waals surface area contributed by atoms with Crippen LogP contribution < -0.4 is 10.6 Å². The topological polar surface area (TPSA) is 128 Å². The van der Waals surface area contributed by atoms with E-state index in [2.05, 4.69) is 15.5 Å². The van der Waals surface area contributed by atoms with E-state index in [1.807, 2.05) is 20.8 Å². The normalized spacial score (nSPS) is 22.3. The van der Waals surface area contributed by atoms with Crippen LogP contribution in [-0.4, -0.2) is 77.0 Å². The van der Waals surface area contributed by atoms with E-state index in [1.54, 1.807) is 0 Å². The fraction of sp³-hybridized carbons (Fsp3) is 0.824. The third-order valence-electron chi connectivity index (χ3n) is 3.50. The maximum absolute atomic E-state index is 11.6. The molecule has 1 aliphatic heterocycles. The first kappa shape index (κ1) is 24.1. The van der Waals surface area contributed by atoms with Crippen LogP contribution in [0.4, 0.5) is 4.79 Å². The predicted octanol–water partition coefficient (Wildman–Crippen LogP) is 1.13. The summed E-state index contributed by atoms with van der Waals surface area (Å²) in [6, 6.07) is 0.937. The van der Waals surface area contributed by atoms with Gasteiger partial charge in [0, 0.05) is 52.1 Å². The van der Waals surface area contributed by atoms with E-state index < -0.39 is 17.5 Å². The molecule has 0 unspecified atom stereocenters. The van der Waals surface area contributed by atoms with E-state index in [9.17, 15) is 4.79 Å². The van der Waals surface area contributed by atoms with Gasteiger partial charge in [0.05, 0.1) is 0 Å². The molecule has 0 bridgehead atoms. The Morgan fingerprint density at radius 3 is 1.85 bits per heavy atom. The molecule has 1 amide bonds. The van der Waals surface area contributed by atoms with Crippen molar-refractivity contribution >= 4 is 18.0 Å². The molecule has 1 saturated heterocycles. The number of carbonyl (C=O) groups is 3. The smallest absolute Gasteiger partial charge is 0.407 e. The van der Waals surface area contributed by atoms with Crippen molar-refractivity contribution in [3.05, 3.63) is 0 Å². The molecule has 9 heteroatoms. The number of carboxylic acids is 2. The van der Waals surface area contributed by atoms with E-state index in [0.29, 0.717) is 12.1 Å². The third kappa shape index (κ3) is 13.4. The predicted molar refractivity (Wildman–Crippen MR) is 97.2 cm³/mol. The molecule has 2 aliphatic rings. The van der Waals surface area contributed by atoms with Gasteiger partial charge in [0.1, 0.15) is 5.60 Å². The lowest BCUT2D eigenvalue weighted by Crippen LogP contribution is -2.58. The third-order valence-corrected chi connectivity index (χ3v) is 3.50. The van der Waals surface area contributed by atoms with Crippen LogP contribution in [-0.2, 0) is 14.3 Å². The summed E-state index contributed by atoms with van der Waals surface area (Å²) in [6.07, 6.45) is 1.82. The molecule has 0 radical (unpaired) electrons. The van der Waals surface area contributed by atoms with Gasteiger partial charge in [-0.3, -0.25) is 14.5 Å². The van der Waals surface area contributed by atoms with Crippen LogP contribution in [0.25, 0.3) is 0 Å². The maximum atomic E-state index is 11.6. The summed E-state index contributed by atoms with van der Waals surface area (Å²) in [5, 5.41) is 21.1. The summed E-state index contributed by atoms with van der Waals surface area (Å²) >= 11 is 0. The summed E-state index contributed by atoms with van der Waals surface area (Å²) in [4.78, 5) is 32.1. The number of alkyl carbamates (subject to hydrolysis) is 1. The fourth-order valence-corrected chi connectivity index (χ4v) is 2.53. The minimum Gasteiger partial charge on any atom is -0.481 e. The molecule has 1 saturated carbocycles. The zero-order valence-corrected chi connectivity index (χ0v) is 16.4. The van der Waals surface area contributed by atoms with Gasteiger partial charge in [-0.25, -0.2) is 4.79 Å². The molecule has 2 fully saturated rings. The van der Waals surface area contributed by atoms with Gasteiger partial charge in [0.2, 0.25) is 0 Å². The van der Waals surface area contributed by atoms with E-state index in [-0.39, 0.29) is 6.09 Å². The number of aliphatic carboxylic acids is 2. The number of amides is 1. The number of nitrogens with zero attached hydrogens (tertiary/aromatic N) is 1. The van der Waals surface area contributed by atoms with Crippen molar-refractivity contribution in [2.75, 3.05) is 26.2 Å². The van der Waals surface area contributed by atoms with Crippen LogP contribution in [0.3, 0.4) is 0 Å². The van der Waals surface area contributed by atoms with Gasteiger partial charge >= 0.3 is 6.09 Å². The van der Waals surface area contributed by atoms with E-state index >= 15 is 0 Å². The number of hydrogen-bond acceptors (Lipinski definition) is 6. The number of nitrogens with one attached hydrogen (secondary N) is 2. The van der Waals surface area contributed by atoms with Crippen molar-refractivity contribution in [3.63, 3.8) is 0 Å². The average Bonchev–Trinajstić information content (AvgIpc) is 2.40. The summed E-state index contributed by atoms with van der Waals surface area (Å²) in [7, 11) is 0. The molecule has 0 aromatic heterocycles. The molecule has 26 heavy (non-hydrogen) atoms. The average molecular weight is 375 g/mol. The summed E-state index contributed by atoms with van der Waals surface area (Å²) < 4.78 is 5.25. The Hall–Kier alpha value is -1.87. The molecule has 0 aromatic rings. The zero-order chi connectivity index (χ0) is 20.3. The second-order valence-electron chi connectivity index (χ2n) is 7.29. The van der Waals surface area contributed by atoms with Crippen molar-refractivity contribution in [1.29, 1.82) is 0 Å². The Morgan fingerprint density at radius 2 is 1.46 bits per heavy atom. The van der Waals surface area contributed by atoms with Gasteiger partial charge in [0.15, 0.2) is 0 Å². The molecule has 0 spiro atoms. The summed E-state index contributed by atoms with van der Waals surface area (Å²) in [5.74, 6) is -1.67. The lowest BCUT2D eigenvalue weighted by atomic mass is 9.85. The fourth-order valence-electron chi connectivity index (χ4n) is 2.53. The highest BCUT2D eigenvalue weighted by Gasteiger charge is 2.35. The van der Waals surface area contributed by atoms with Gasteiger partial charge in [-0.2, -0.15) is 0 Å². The molecular weight excluding hydrogens is 342 g/mol. The van der Waals surface area contributed by atoms with Crippen molar-refractivity contribution in [2.45, 2.75) is 65.1 Å². The largest absolute Gasteiger partial charge is 0.481 e. The SMILES string of the molecule is CC(=O)O.CC(=O)O.CC(C)(C)OC(=O)NC1CC(N2CCNCC2)C1. The molecule has 0 aromatic carbocycles. The van der Waals surface area contributed by atoms with Crippen LogP contribution in [0.15, 0.2) is 0 Å². The number of piperazine rings is 1. The number of carbonyl (C=O) groups excluding carboxylic acids is 1. The molecule has 1 heterocycles. The molecular formula is C17H33N3O6. The van der Waals surface area contributed by atoms with Crippen molar-refractivity contribution in [2.24, 2.45) is 0 Å². The molecule has 2 rings (SSSR count). The molecule has 9 nitrogen and oxygen atoms in total. The van der Waals surface area contributed by atoms with Crippen LogP contribution in [0.1, 0.15) is 47.5 Å². The van der Waals surface area contributed by atoms with Crippen LogP contribution in [0.2, 0.25) is 0 Å².